The van der Waals surface area contributed by atoms with Gasteiger partial charge in [-0.25, -0.2) is 36.0 Å². The van der Waals surface area contributed by atoms with Crippen LogP contribution in [-0.2, 0) is 31.5 Å². The van der Waals surface area contributed by atoms with Gasteiger partial charge in [-0.3, -0.25) is 9.97 Å². The predicted octanol–water partition coefficient (Wildman–Crippen LogP) is 6.01. The molecule has 0 atom stereocenters. The summed E-state index contributed by atoms with van der Waals surface area (Å²) in [5.41, 5.74) is 9.81. The number of H-pyrrole nitrogens is 1. The molecule has 2 saturated heterocycles. The summed E-state index contributed by atoms with van der Waals surface area (Å²) >= 11 is 3.19. The monoisotopic (exact) mass is 1130 g/mol. The molecule has 23 nitrogen and oxygen atoms in total. The van der Waals surface area contributed by atoms with Crippen LogP contribution < -0.4 is 11.1 Å². The largest absolute Gasteiger partial charge is 0.383 e. The molecule has 2 aliphatic heterocycles. The second-order valence-electron chi connectivity index (χ2n) is 20.3. The average molecular weight is 1130 g/mol. The molecule has 0 saturated carbocycles. The quantitative estimate of drug-likeness (QED) is 0.0698. The lowest BCUT2D eigenvalue weighted by Crippen LogP contribution is -2.45. The summed E-state index contributed by atoms with van der Waals surface area (Å²) in [7, 11) is -0.525. The van der Waals surface area contributed by atoms with Gasteiger partial charge in [0.1, 0.15) is 18.4 Å². The number of aromatic amines is 1. The van der Waals surface area contributed by atoms with Gasteiger partial charge in [-0.1, -0.05) is 47.3 Å². The molecular formula is C46H73BrN18O5S2Si. The number of ether oxygens (including phenoxy) is 1. The number of halogens is 1. The molecule has 400 valence electrons. The summed E-state index contributed by atoms with van der Waals surface area (Å²) in [6.45, 7) is 17.7. The third kappa shape index (κ3) is 14.9. The van der Waals surface area contributed by atoms with E-state index in [9.17, 15) is 16.8 Å². The number of hydrogen-bond acceptors (Lipinski definition) is 17. The fourth-order valence-corrected chi connectivity index (χ4v) is 12.2. The Kier molecular flexibility index (Phi) is 19.6. The van der Waals surface area contributed by atoms with Gasteiger partial charge in [-0.15, -0.1) is 10.2 Å². The van der Waals surface area contributed by atoms with Crippen molar-refractivity contribution in [3.05, 3.63) is 77.3 Å². The number of anilines is 3. The van der Waals surface area contributed by atoms with Crippen molar-refractivity contribution >= 4 is 61.6 Å². The Bertz CT molecular complexity index is 2890. The van der Waals surface area contributed by atoms with Crippen LogP contribution in [-0.4, -0.2) is 176 Å². The summed E-state index contributed by atoms with van der Waals surface area (Å²) in [6.07, 6.45) is 13.6. The number of piperidine rings is 2. The molecular weight excluding hydrogens is 1060 g/mol. The van der Waals surface area contributed by atoms with E-state index in [4.69, 9.17) is 10.5 Å². The normalized spacial score (nSPS) is 15.7. The van der Waals surface area contributed by atoms with Crippen molar-refractivity contribution in [2.75, 3.05) is 72.0 Å². The van der Waals surface area contributed by atoms with Crippen LogP contribution in [0.2, 0.25) is 25.7 Å². The van der Waals surface area contributed by atoms with E-state index in [1.165, 1.54) is 13.3 Å². The molecule has 8 heterocycles. The van der Waals surface area contributed by atoms with E-state index >= 15 is 0 Å². The van der Waals surface area contributed by atoms with Crippen LogP contribution in [0.25, 0.3) is 11.4 Å². The maximum Gasteiger partial charge on any atom is 0.278 e. The van der Waals surface area contributed by atoms with E-state index in [0.717, 1.165) is 54.2 Å². The SMILES string of the molecule is CC(C)c1cnn(-c2ccncc2)c1N.CC(C)c1cnn(-c2ccncc2)c1Nc1n[nH]c(S(=O)(=O)N2CCC(N(C)C)CC2)n1.CN(C)C1CCN(S(=O)(=O)c2nc(Br)nn2COCC[Si](C)(C)C)CC1. The van der Waals surface area contributed by atoms with Gasteiger partial charge in [0, 0.05) is 88.9 Å². The Hall–Kier alpha value is -5.00. The number of sulfonamides is 2. The van der Waals surface area contributed by atoms with Crippen molar-refractivity contribution in [3.8, 4) is 11.4 Å². The van der Waals surface area contributed by atoms with Crippen LogP contribution in [0, 0.1) is 0 Å². The van der Waals surface area contributed by atoms with Gasteiger partial charge in [0.2, 0.25) is 10.7 Å². The van der Waals surface area contributed by atoms with E-state index in [2.05, 4.69) is 124 Å². The molecule has 2 aliphatic rings. The minimum Gasteiger partial charge on any atom is -0.383 e. The highest BCUT2D eigenvalue weighted by atomic mass is 79.9. The zero-order valence-electron chi connectivity index (χ0n) is 43.9. The first-order valence-corrected chi connectivity index (χ1v) is 31.8. The first-order valence-electron chi connectivity index (χ1n) is 24.4. The highest BCUT2D eigenvalue weighted by Crippen LogP contribution is 2.30. The second-order valence-corrected chi connectivity index (χ2v) is 30.3. The fraction of sp³-hybridized carbons (Fsp3) is 0.565. The Morgan fingerprint density at radius 3 is 1.75 bits per heavy atom. The van der Waals surface area contributed by atoms with E-state index < -0.39 is 28.1 Å². The number of nitrogens with two attached hydrogens (primary N) is 1. The summed E-state index contributed by atoms with van der Waals surface area (Å²) in [4.78, 5) is 20.6. The van der Waals surface area contributed by atoms with Crippen molar-refractivity contribution in [2.24, 2.45) is 0 Å². The molecule has 0 amide bonds. The van der Waals surface area contributed by atoms with E-state index in [1.807, 2.05) is 58.7 Å². The minimum absolute atomic E-state index is 0.0549. The minimum atomic E-state index is -3.74. The zero-order chi connectivity index (χ0) is 53.3. The molecule has 6 aromatic heterocycles. The lowest BCUT2D eigenvalue weighted by Gasteiger charge is -2.34. The van der Waals surface area contributed by atoms with E-state index in [0.29, 0.717) is 62.4 Å². The maximum absolute atomic E-state index is 13.1. The van der Waals surface area contributed by atoms with Crippen LogP contribution in [0.5, 0.6) is 0 Å². The van der Waals surface area contributed by atoms with Gasteiger partial charge in [0.05, 0.1) is 23.8 Å². The molecule has 0 aromatic carbocycles. The molecule has 0 bridgehead atoms. The first-order chi connectivity index (χ1) is 34.5. The number of rotatable bonds is 17. The third-order valence-electron chi connectivity index (χ3n) is 12.7. The summed E-state index contributed by atoms with van der Waals surface area (Å²) in [5.74, 6) is 2.13. The van der Waals surface area contributed by atoms with Crippen molar-refractivity contribution < 1.29 is 21.6 Å². The smallest absolute Gasteiger partial charge is 0.278 e. The predicted molar refractivity (Wildman–Crippen MR) is 288 cm³/mol. The van der Waals surface area contributed by atoms with Gasteiger partial charge in [-0.2, -0.15) is 28.8 Å². The molecule has 6 aromatic rings. The van der Waals surface area contributed by atoms with Crippen molar-refractivity contribution in [3.63, 3.8) is 0 Å². The first kappa shape index (κ1) is 57.3. The van der Waals surface area contributed by atoms with E-state index in [-0.39, 0.29) is 33.6 Å². The van der Waals surface area contributed by atoms with E-state index in [1.54, 1.807) is 40.3 Å². The molecule has 73 heavy (non-hydrogen) atoms. The Balaban J connectivity index is 0.000000190. The topological polar surface area (TPSA) is 262 Å². The number of aromatic nitrogens is 12. The average Bonchev–Trinajstić information content (AvgIpc) is 4.18. The Labute approximate surface area is 439 Å². The number of nitrogens with zero attached hydrogens (tertiary/aromatic N) is 15. The van der Waals surface area contributed by atoms with Crippen molar-refractivity contribution in [1.82, 2.24) is 77.9 Å². The standard InChI is InChI=1S/C20H29N9O2S.C15H30BrN5O3SSi.C11H14N4/c1-14(2)17-13-22-29(16-5-9-21-10-6-16)18(17)23-19-24-20(26-25-19)32(30,31)28-11-7-15(8-12-28)27(3)4;1-19(2)13-6-8-20(9-7-13)25(22,23)15-17-14(16)18-21(15)12-24-10-11-26(3,4)5;1-8(2)10-7-14-15(11(10)12)9-3-5-13-6-4-9/h5-6,9-10,13-15H,7-8,11-12H2,1-4H3,(H2,23,24,25,26);13H,6-12H2,1-5H3;3-8H,12H2,1-2H3. The van der Waals surface area contributed by atoms with Crippen molar-refractivity contribution in [1.29, 1.82) is 0 Å². The Morgan fingerprint density at radius 1 is 0.767 bits per heavy atom. The summed E-state index contributed by atoms with van der Waals surface area (Å²) < 4.78 is 65.9. The van der Waals surface area contributed by atoms with Crippen LogP contribution in [0.3, 0.4) is 0 Å². The molecule has 0 unspecified atom stereocenters. The van der Waals surface area contributed by atoms with Crippen LogP contribution in [0.15, 0.2) is 76.5 Å². The third-order valence-corrected chi connectivity index (χ3v) is 18.2. The van der Waals surface area contributed by atoms with Gasteiger partial charge < -0.3 is 25.6 Å². The highest BCUT2D eigenvalue weighted by Gasteiger charge is 2.35. The van der Waals surface area contributed by atoms with Gasteiger partial charge in [0.25, 0.3) is 30.4 Å². The molecule has 0 radical (unpaired) electrons. The number of hydrogen-bond donors (Lipinski definition) is 3. The molecule has 8 rings (SSSR count). The lowest BCUT2D eigenvalue weighted by molar-refractivity contribution is 0.0708. The molecule has 4 N–H and O–H groups in total. The fourth-order valence-electron chi connectivity index (χ4n) is 8.16. The molecule has 0 aliphatic carbocycles. The molecule has 0 spiro atoms. The molecule has 2 fully saturated rings. The number of nitrogens with one attached hydrogen (secondary N) is 2. The summed E-state index contributed by atoms with van der Waals surface area (Å²) in [5, 5.41) is 22.5. The van der Waals surface area contributed by atoms with Crippen LogP contribution in [0.1, 0.15) is 76.3 Å². The highest BCUT2D eigenvalue weighted by molar-refractivity contribution is 9.10. The van der Waals surface area contributed by atoms with Crippen molar-refractivity contribution in [2.45, 2.75) is 120 Å². The van der Waals surface area contributed by atoms with Crippen LogP contribution >= 0.6 is 15.9 Å². The van der Waals surface area contributed by atoms with Gasteiger partial charge in [0.15, 0.2) is 0 Å². The molecule has 27 heteroatoms. The van der Waals surface area contributed by atoms with Gasteiger partial charge >= 0.3 is 0 Å². The lowest BCUT2D eigenvalue weighted by atomic mass is 10.1. The zero-order valence-corrected chi connectivity index (χ0v) is 48.1. The number of nitrogen functional groups attached to an aromatic ring is 1. The summed E-state index contributed by atoms with van der Waals surface area (Å²) in [6, 6.07) is 9.26. The van der Waals surface area contributed by atoms with Crippen LogP contribution in [0.4, 0.5) is 17.6 Å². The second kappa shape index (κ2) is 25.0. The maximum atomic E-state index is 13.1. The number of pyridine rings is 2. The van der Waals surface area contributed by atoms with Gasteiger partial charge in [-0.05, 0) is 112 Å². The Morgan fingerprint density at radius 2 is 1.26 bits per heavy atom.